The van der Waals surface area contributed by atoms with Crippen LogP contribution in [0.2, 0.25) is 0 Å². The van der Waals surface area contributed by atoms with Crippen LogP contribution in [0.15, 0.2) is 47.1 Å². The van der Waals surface area contributed by atoms with Crippen LogP contribution in [0.3, 0.4) is 0 Å². The highest BCUT2D eigenvalue weighted by molar-refractivity contribution is 9.10. The minimum absolute atomic E-state index is 0.254. The second-order valence-corrected chi connectivity index (χ2v) is 4.66. The third-order valence-electron chi connectivity index (χ3n) is 2.02. The van der Waals surface area contributed by atoms with E-state index in [2.05, 4.69) is 20.9 Å². The standard InChI is InChI=1S/C12H9BrN2OS/c13-8-2-1-3-9(6-8)16-10-4-5-15-11(7-10)12(14)17/h1-7H,(H2,14,17). The number of halogens is 1. The molecule has 0 aliphatic carbocycles. The van der Waals surface area contributed by atoms with E-state index in [1.807, 2.05) is 24.3 Å². The Kier molecular flexibility index (Phi) is 3.71. The number of hydrogen-bond acceptors (Lipinski definition) is 3. The van der Waals surface area contributed by atoms with Gasteiger partial charge in [0.15, 0.2) is 0 Å². The number of aromatic nitrogens is 1. The minimum atomic E-state index is 0.254. The lowest BCUT2D eigenvalue weighted by atomic mass is 10.3. The van der Waals surface area contributed by atoms with E-state index in [1.54, 1.807) is 18.3 Å². The first-order valence-electron chi connectivity index (χ1n) is 4.84. The molecular formula is C12H9BrN2OS. The van der Waals surface area contributed by atoms with Gasteiger partial charge in [0, 0.05) is 16.7 Å². The molecule has 5 heteroatoms. The third-order valence-corrected chi connectivity index (χ3v) is 2.72. The molecule has 0 radical (unpaired) electrons. The Bertz CT molecular complexity index is 560. The number of thiocarbonyl (C=S) groups is 1. The van der Waals surface area contributed by atoms with Crippen LogP contribution in [0.25, 0.3) is 0 Å². The largest absolute Gasteiger partial charge is 0.457 e. The van der Waals surface area contributed by atoms with E-state index in [0.29, 0.717) is 11.4 Å². The SMILES string of the molecule is NC(=S)c1cc(Oc2cccc(Br)c2)ccn1. The maximum atomic E-state index is 5.66. The van der Waals surface area contributed by atoms with Crippen LogP contribution in [0.5, 0.6) is 11.5 Å². The van der Waals surface area contributed by atoms with Crippen molar-refractivity contribution in [1.29, 1.82) is 0 Å². The Balaban J connectivity index is 2.24. The van der Waals surface area contributed by atoms with Gasteiger partial charge in [-0.15, -0.1) is 0 Å². The van der Waals surface area contributed by atoms with E-state index in [0.717, 1.165) is 10.2 Å². The number of benzene rings is 1. The van der Waals surface area contributed by atoms with Crippen molar-refractivity contribution >= 4 is 33.1 Å². The molecular weight excluding hydrogens is 300 g/mol. The Labute approximate surface area is 113 Å². The first-order chi connectivity index (χ1) is 8.15. The van der Waals surface area contributed by atoms with Gasteiger partial charge in [-0.05, 0) is 24.3 Å². The summed E-state index contributed by atoms with van der Waals surface area (Å²) < 4.78 is 6.62. The van der Waals surface area contributed by atoms with Crippen molar-refractivity contribution in [2.45, 2.75) is 0 Å². The Morgan fingerprint density at radius 2 is 2.00 bits per heavy atom. The van der Waals surface area contributed by atoms with Crippen molar-refractivity contribution in [3.63, 3.8) is 0 Å². The second kappa shape index (κ2) is 5.25. The lowest BCUT2D eigenvalue weighted by molar-refractivity contribution is 0.481. The zero-order valence-corrected chi connectivity index (χ0v) is 11.2. The van der Waals surface area contributed by atoms with Crippen molar-refractivity contribution in [3.8, 4) is 11.5 Å². The van der Waals surface area contributed by atoms with E-state index in [1.165, 1.54) is 0 Å². The normalized spacial score (nSPS) is 9.94. The quantitative estimate of drug-likeness (QED) is 0.884. The number of nitrogens with two attached hydrogens (primary N) is 1. The monoisotopic (exact) mass is 308 g/mol. The second-order valence-electron chi connectivity index (χ2n) is 3.30. The molecule has 2 rings (SSSR count). The van der Waals surface area contributed by atoms with Crippen LogP contribution in [-0.2, 0) is 0 Å². The van der Waals surface area contributed by atoms with E-state index < -0.39 is 0 Å². The fourth-order valence-electron chi connectivity index (χ4n) is 1.28. The summed E-state index contributed by atoms with van der Waals surface area (Å²) in [6, 6.07) is 11.0. The maximum absolute atomic E-state index is 5.66. The first kappa shape index (κ1) is 12.0. The Morgan fingerprint density at radius 3 is 2.71 bits per heavy atom. The van der Waals surface area contributed by atoms with Gasteiger partial charge in [-0.2, -0.15) is 0 Å². The number of pyridine rings is 1. The predicted molar refractivity (Wildman–Crippen MR) is 74.3 cm³/mol. The number of rotatable bonds is 3. The van der Waals surface area contributed by atoms with Gasteiger partial charge in [0.05, 0.1) is 0 Å². The number of nitrogens with zero attached hydrogens (tertiary/aromatic N) is 1. The molecule has 0 aliphatic heterocycles. The highest BCUT2D eigenvalue weighted by Crippen LogP contribution is 2.24. The smallest absolute Gasteiger partial charge is 0.131 e. The molecule has 86 valence electrons. The summed E-state index contributed by atoms with van der Waals surface area (Å²) >= 11 is 8.24. The molecule has 1 aromatic heterocycles. The van der Waals surface area contributed by atoms with Crippen LogP contribution in [0.4, 0.5) is 0 Å². The minimum Gasteiger partial charge on any atom is -0.457 e. The van der Waals surface area contributed by atoms with Crippen LogP contribution >= 0.6 is 28.1 Å². The van der Waals surface area contributed by atoms with Gasteiger partial charge < -0.3 is 10.5 Å². The topological polar surface area (TPSA) is 48.1 Å². The molecule has 1 aromatic carbocycles. The highest BCUT2D eigenvalue weighted by Gasteiger charge is 2.02. The molecule has 0 fully saturated rings. The molecule has 0 atom stereocenters. The Morgan fingerprint density at radius 1 is 1.24 bits per heavy atom. The summed E-state index contributed by atoms with van der Waals surface area (Å²) in [5.41, 5.74) is 6.05. The zero-order valence-electron chi connectivity index (χ0n) is 8.76. The van der Waals surface area contributed by atoms with Gasteiger partial charge in [-0.25, -0.2) is 0 Å². The van der Waals surface area contributed by atoms with Crippen LogP contribution in [0, 0.1) is 0 Å². The van der Waals surface area contributed by atoms with Gasteiger partial charge in [-0.3, -0.25) is 4.98 Å². The van der Waals surface area contributed by atoms with Crippen LogP contribution in [0.1, 0.15) is 5.69 Å². The number of hydrogen-bond donors (Lipinski definition) is 1. The van der Waals surface area contributed by atoms with E-state index in [9.17, 15) is 0 Å². The van der Waals surface area contributed by atoms with Crippen molar-refractivity contribution in [2.75, 3.05) is 0 Å². The van der Waals surface area contributed by atoms with Crippen LogP contribution < -0.4 is 10.5 Å². The van der Waals surface area contributed by atoms with Crippen molar-refractivity contribution in [1.82, 2.24) is 4.98 Å². The van der Waals surface area contributed by atoms with Crippen molar-refractivity contribution in [2.24, 2.45) is 5.73 Å². The molecule has 2 aromatic rings. The molecule has 0 amide bonds. The molecule has 0 spiro atoms. The van der Waals surface area contributed by atoms with Crippen molar-refractivity contribution < 1.29 is 4.74 Å². The van der Waals surface area contributed by atoms with Gasteiger partial charge >= 0.3 is 0 Å². The fraction of sp³-hybridized carbons (Fsp3) is 0. The highest BCUT2D eigenvalue weighted by atomic mass is 79.9. The van der Waals surface area contributed by atoms with Crippen LogP contribution in [-0.4, -0.2) is 9.97 Å². The summed E-state index contributed by atoms with van der Waals surface area (Å²) in [4.78, 5) is 4.30. The summed E-state index contributed by atoms with van der Waals surface area (Å²) in [6.45, 7) is 0. The van der Waals surface area contributed by atoms with Gasteiger partial charge in [0.2, 0.25) is 0 Å². The average Bonchev–Trinajstić information content (AvgIpc) is 2.29. The lowest BCUT2D eigenvalue weighted by Crippen LogP contribution is -2.11. The zero-order chi connectivity index (χ0) is 12.3. The van der Waals surface area contributed by atoms with E-state index in [4.69, 9.17) is 22.7 Å². The predicted octanol–water partition coefficient (Wildman–Crippen LogP) is 3.27. The van der Waals surface area contributed by atoms with E-state index in [-0.39, 0.29) is 4.99 Å². The molecule has 0 bridgehead atoms. The van der Waals surface area contributed by atoms with E-state index >= 15 is 0 Å². The maximum Gasteiger partial charge on any atom is 0.131 e. The molecule has 1 heterocycles. The molecule has 3 nitrogen and oxygen atoms in total. The summed E-state index contributed by atoms with van der Waals surface area (Å²) in [6.07, 6.45) is 1.61. The number of ether oxygens (including phenoxy) is 1. The molecule has 0 unspecified atom stereocenters. The molecule has 0 saturated carbocycles. The molecule has 2 N–H and O–H groups in total. The fourth-order valence-corrected chi connectivity index (χ4v) is 1.77. The summed E-state index contributed by atoms with van der Waals surface area (Å²) in [7, 11) is 0. The lowest BCUT2D eigenvalue weighted by Gasteiger charge is -2.06. The first-order valence-corrected chi connectivity index (χ1v) is 6.04. The average molecular weight is 309 g/mol. The Hall–Kier alpha value is -1.46. The van der Waals surface area contributed by atoms with Crippen molar-refractivity contribution in [3.05, 3.63) is 52.8 Å². The third kappa shape index (κ3) is 3.25. The summed E-state index contributed by atoms with van der Waals surface area (Å²) in [5, 5.41) is 0. The van der Waals surface area contributed by atoms with Gasteiger partial charge in [0.25, 0.3) is 0 Å². The molecule has 0 aliphatic rings. The van der Waals surface area contributed by atoms with Gasteiger partial charge in [-0.1, -0.05) is 34.2 Å². The molecule has 17 heavy (non-hydrogen) atoms. The summed E-state index contributed by atoms with van der Waals surface area (Å²) in [5.74, 6) is 1.39. The van der Waals surface area contributed by atoms with Gasteiger partial charge in [0.1, 0.15) is 22.2 Å². The molecule has 0 saturated heterocycles.